The molecule has 0 saturated carbocycles. The number of aromatic nitrogens is 8. The molecule has 2 amide bonds. The van der Waals surface area contributed by atoms with Crippen molar-refractivity contribution in [3.8, 4) is 6.07 Å². The molecule has 6 heterocycles. The Balaban J connectivity index is 1.11. The Bertz CT molecular complexity index is 2610. The largest absolute Gasteiger partial charge is 0.475 e. The monoisotopic (exact) mass is 907 g/mol. The van der Waals surface area contributed by atoms with E-state index in [2.05, 4.69) is 40.5 Å². The first kappa shape index (κ1) is 44.6. The molecule has 4 aromatic heterocycles. The van der Waals surface area contributed by atoms with Gasteiger partial charge < -0.3 is 24.8 Å². The molecule has 0 aliphatic carbocycles. The number of nitriles is 1. The number of aromatic amines is 1. The lowest BCUT2D eigenvalue weighted by Crippen LogP contribution is -2.34. The highest BCUT2D eigenvalue weighted by Gasteiger charge is 2.53. The Morgan fingerprint density at radius 2 is 1.71 bits per heavy atom. The molecule has 24 nitrogen and oxygen atoms in total. The van der Waals surface area contributed by atoms with E-state index in [1.54, 1.807) is 50.2 Å². The van der Waals surface area contributed by atoms with Gasteiger partial charge in [0.1, 0.15) is 30.7 Å². The number of carbonyl (C=O) groups excluding carboxylic acids is 2. The zero-order chi connectivity index (χ0) is 44.3. The normalized spacial score (nSPS) is 25.2. The summed E-state index contributed by atoms with van der Waals surface area (Å²) in [5.41, 5.74) is -0.992. The number of alkyl halides is 2. The number of imidazole rings is 2. The Hall–Kier alpha value is -5.45. The highest BCUT2D eigenvalue weighted by Crippen LogP contribution is 2.54. The first-order valence-corrected chi connectivity index (χ1v) is 21.3. The predicted octanol–water partition coefficient (Wildman–Crippen LogP) is 2.48. The van der Waals surface area contributed by atoms with E-state index < -0.39 is 108 Å². The third-order valence-electron chi connectivity index (χ3n) is 9.43. The average Bonchev–Trinajstić information content (AvgIpc) is 4.02. The van der Waals surface area contributed by atoms with E-state index in [9.17, 15) is 33.5 Å². The molecule has 62 heavy (non-hydrogen) atoms. The molecule has 10 atom stereocenters. The van der Waals surface area contributed by atoms with Crippen LogP contribution in [0.25, 0.3) is 22.3 Å². The zero-order valence-electron chi connectivity index (χ0n) is 32.3. The number of phosphoric ester groups is 1. The molecule has 5 N–H and O–H groups in total. The lowest BCUT2D eigenvalue weighted by molar-refractivity contribution is -0.118. The van der Waals surface area contributed by atoms with Gasteiger partial charge in [-0.25, -0.2) is 33.3 Å². The topological polar surface area (TPSA) is 319 Å². The summed E-state index contributed by atoms with van der Waals surface area (Å²) in [4.78, 5) is 70.6. The lowest BCUT2D eigenvalue weighted by Gasteiger charge is -2.25. The van der Waals surface area contributed by atoms with Crippen molar-refractivity contribution in [3.05, 3.63) is 65.2 Å². The smallest absolute Gasteiger partial charge is 0.394 e. The molecule has 330 valence electrons. The first-order chi connectivity index (χ1) is 29.7. The summed E-state index contributed by atoms with van der Waals surface area (Å²) < 4.78 is 93.7. The number of carbonyl (C=O) groups is 2. The van der Waals surface area contributed by atoms with Crippen molar-refractivity contribution >= 4 is 62.0 Å². The summed E-state index contributed by atoms with van der Waals surface area (Å²) in [6.45, 7) is 0.692. The van der Waals surface area contributed by atoms with Gasteiger partial charge in [0, 0.05) is 11.5 Å². The van der Waals surface area contributed by atoms with Crippen LogP contribution < -0.4 is 16.2 Å². The fraction of sp³-hybridized carbons (Fsp3) is 0.441. The van der Waals surface area contributed by atoms with Gasteiger partial charge in [0.15, 0.2) is 52.9 Å². The van der Waals surface area contributed by atoms with Crippen LogP contribution in [0.2, 0.25) is 0 Å². The summed E-state index contributed by atoms with van der Waals surface area (Å²) in [6, 6.07) is 9.97. The van der Waals surface area contributed by atoms with Crippen LogP contribution in [0.4, 0.5) is 20.5 Å². The summed E-state index contributed by atoms with van der Waals surface area (Å²) in [6.07, 6.45) is -12.2. The van der Waals surface area contributed by atoms with Gasteiger partial charge in [-0.15, -0.1) is 0 Å². The summed E-state index contributed by atoms with van der Waals surface area (Å²) in [7, 11) is -8.93. The number of rotatable bonds is 17. The molecule has 0 radical (unpaired) electrons. The molecule has 2 saturated heterocycles. The van der Waals surface area contributed by atoms with Crippen LogP contribution in [0.15, 0.2) is 54.1 Å². The van der Waals surface area contributed by atoms with Crippen molar-refractivity contribution in [2.24, 2.45) is 5.92 Å². The summed E-state index contributed by atoms with van der Waals surface area (Å²) in [5.74, 6) is -1.84. The zero-order valence-corrected chi connectivity index (χ0v) is 34.2. The minimum Gasteiger partial charge on any atom is -0.394 e. The van der Waals surface area contributed by atoms with Crippen molar-refractivity contribution in [1.29, 1.82) is 5.26 Å². The van der Waals surface area contributed by atoms with E-state index in [1.807, 2.05) is 0 Å². The van der Waals surface area contributed by atoms with Gasteiger partial charge in [-0.2, -0.15) is 10.2 Å². The number of hydrogen-bond donors (Lipinski definition) is 5. The van der Waals surface area contributed by atoms with Crippen LogP contribution in [0.1, 0.15) is 43.1 Å². The minimum absolute atomic E-state index is 0.01000. The van der Waals surface area contributed by atoms with Gasteiger partial charge in [-0.1, -0.05) is 32.0 Å². The van der Waals surface area contributed by atoms with E-state index in [0.717, 1.165) is 28.1 Å². The quantitative estimate of drug-likeness (QED) is 0.0661. The molecule has 0 spiro atoms. The predicted molar refractivity (Wildman–Crippen MR) is 207 cm³/mol. The second kappa shape index (κ2) is 18.9. The number of hydrogen-bond acceptors (Lipinski definition) is 18. The second-order valence-corrected chi connectivity index (χ2v) is 16.2. The van der Waals surface area contributed by atoms with Gasteiger partial charge in [-0.3, -0.25) is 56.5 Å². The molecule has 2 fully saturated rings. The number of nitrogens with zero attached hydrogens (tertiary/aromatic N) is 8. The number of nitrogens with one attached hydrogen (secondary N) is 3. The third-order valence-corrected chi connectivity index (χ3v) is 11.4. The maximum Gasteiger partial charge on any atom is 0.475 e. The number of fused-ring (bicyclic) bond motifs is 2. The molecule has 1 aromatic carbocycles. The number of anilines is 2. The summed E-state index contributed by atoms with van der Waals surface area (Å²) in [5, 5.41) is 24.4. The Morgan fingerprint density at radius 1 is 1.00 bits per heavy atom. The average molecular weight is 908 g/mol. The maximum atomic E-state index is 16.5. The number of phosphoric acid groups is 1. The molecule has 2 aliphatic heterocycles. The Kier molecular flexibility index (Phi) is 13.6. The maximum absolute atomic E-state index is 16.5. The SMILES string of the molecule is CC(C)C(=O)Nc1nc2c(ncn2[C@@H]2O[C@H](COP(=O)(OCCC#N)O[C@H]3[C@H](F)[C@H](n4cnc5c(NC(=O)c6ccccc6)ncnc54)O[C@@H]3CO)[C@@H](F)[C@H]2O[PH](=O)O)c(=O)[nH]1. The second-order valence-electron chi connectivity index (χ2n) is 13.9. The van der Waals surface area contributed by atoms with Gasteiger partial charge in [0.2, 0.25) is 11.9 Å². The number of amides is 2. The highest BCUT2D eigenvalue weighted by molar-refractivity contribution is 7.48. The number of ether oxygens (including phenoxy) is 2. The summed E-state index contributed by atoms with van der Waals surface area (Å²) >= 11 is 0. The fourth-order valence-electron chi connectivity index (χ4n) is 6.43. The first-order valence-electron chi connectivity index (χ1n) is 18.6. The molecular formula is C34H37F2N11O13P2. The Labute approximate surface area is 348 Å². The molecule has 0 bridgehead atoms. The van der Waals surface area contributed by atoms with Crippen LogP contribution in [0, 0.1) is 17.2 Å². The minimum atomic E-state index is -5.06. The highest BCUT2D eigenvalue weighted by atomic mass is 31.2. The van der Waals surface area contributed by atoms with Crippen molar-refractivity contribution in [3.63, 3.8) is 0 Å². The van der Waals surface area contributed by atoms with Crippen LogP contribution in [-0.2, 0) is 41.5 Å². The molecule has 28 heteroatoms. The fourth-order valence-corrected chi connectivity index (χ4v) is 8.30. The van der Waals surface area contributed by atoms with Gasteiger partial charge >= 0.3 is 16.1 Å². The van der Waals surface area contributed by atoms with Crippen LogP contribution in [-0.4, -0.2) is 117 Å². The molecule has 2 aliphatic rings. The number of benzene rings is 1. The van der Waals surface area contributed by atoms with Crippen LogP contribution in [0.5, 0.6) is 0 Å². The number of aliphatic hydroxyl groups is 1. The lowest BCUT2D eigenvalue weighted by atomic mass is 10.1. The number of H-pyrrole nitrogens is 1. The molecule has 2 unspecified atom stereocenters. The molecule has 5 aromatic rings. The van der Waals surface area contributed by atoms with E-state index in [0.29, 0.717) is 5.56 Å². The standard InChI is InChI=1S/C34H37F2N11O13P2/c1-16(2)29(49)44-34-43-28-23(31(51)45-34)41-15-47(28)33-25(59-61(52)53)20(35)19(58-33)12-56-62(54,55-10-6-9-37)60-24-18(11-48)57-32(21(24)36)46-14-40-22-26(38-13-39-27(22)46)42-30(50)17-7-4-3-5-8-17/h3-5,7-8,13-16,18-21,24-25,32-33,48,61H,6,10-12H2,1-2H3,(H,52,53)(H,38,39,42,50)(H2,43,44,45,49,51)/t18-,19-,20-,21+,24-,25-,32-,33-,62?/m1/s1. The van der Waals surface area contributed by atoms with Gasteiger partial charge in [0.05, 0.1) is 45.0 Å². The van der Waals surface area contributed by atoms with Gasteiger partial charge in [0.25, 0.3) is 11.5 Å². The van der Waals surface area contributed by atoms with Crippen LogP contribution in [0.3, 0.4) is 0 Å². The van der Waals surface area contributed by atoms with Crippen molar-refractivity contribution in [2.75, 3.05) is 30.5 Å². The number of aliphatic hydroxyl groups excluding tert-OH is 1. The molecule has 7 rings (SSSR count). The van der Waals surface area contributed by atoms with E-state index in [1.165, 1.54) is 0 Å². The van der Waals surface area contributed by atoms with E-state index in [-0.39, 0.29) is 40.5 Å². The van der Waals surface area contributed by atoms with E-state index in [4.69, 9.17) is 32.8 Å². The van der Waals surface area contributed by atoms with Crippen molar-refractivity contribution in [2.45, 2.75) is 69.5 Å². The van der Waals surface area contributed by atoms with Crippen LogP contribution >= 0.6 is 16.1 Å². The number of halogens is 2. The van der Waals surface area contributed by atoms with E-state index >= 15 is 8.78 Å². The van der Waals surface area contributed by atoms with Crippen molar-refractivity contribution in [1.82, 2.24) is 39.0 Å². The third kappa shape index (κ3) is 9.32. The molecular weight excluding hydrogens is 870 g/mol. The van der Waals surface area contributed by atoms with Crippen molar-refractivity contribution < 1.29 is 65.1 Å². The van der Waals surface area contributed by atoms with Gasteiger partial charge in [-0.05, 0) is 12.1 Å². The Morgan fingerprint density at radius 3 is 2.40 bits per heavy atom.